The summed E-state index contributed by atoms with van der Waals surface area (Å²) >= 11 is 5.89. The van der Waals surface area contributed by atoms with Gasteiger partial charge in [-0.2, -0.15) is 4.98 Å². The van der Waals surface area contributed by atoms with E-state index < -0.39 is 6.10 Å². The first-order valence-corrected chi connectivity index (χ1v) is 9.43. The highest BCUT2D eigenvalue weighted by Crippen LogP contribution is 2.21. The number of aryl methyl sites for hydroxylation is 1. The summed E-state index contributed by atoms with van der Waals surface area (Å²) in [5.74, 6) is 1.36. The molecule has 0 aliphatic rings. The van der Waals surface area contributed by atoms with Crippen molar-refractivity contribution in [2.75, 3.05) is 7.05 Å². The number of halogens is 1. The second kappa shape index (κ2) is 8.89. The van der Waals surface area contributed by atoms with Crippen LogP contribution in [0.25, 0.3) is 11.4 Å². The van der Waals surface area contributed by atoms with E-state index in [0.29, 0.717) is 16.7 Å². The summed E-state index contributed by atoms with van der Waals surface area (Å²) in [5, 5.41) is 4.60. The van der Waals surface area contributed by atoms with Gasteiger partial charge in [-0.25, -0.2) is 0 Å². The molecule has 1 atom stereocenters. The highest BCUT2D eigenvalue weighted by Gasteiger charge is 2.22. The molecule has 0 fully saturated rings. The fourth-order valence-corrected chi connectivity index (χ4v) is 2.90. The van der Waals surface area contributed by atoms with Gasteiger partial charge in [0, 0.05) is 17.6 Å². The zero-order valence-electron chi connectivity index (χ0n) is 16.1. The number of carbonyl (C=O) groups is 1. The number of carbonyl (C=O) groups excluding carboxylic acids is 1. The van der Waals surface area contributed by atoms with Crippen LogP contribution in [0.4, 0.5) is 0 Å². The number of aromatic nitrogens is 2. The maximum absolute atomic E-state index is 12.7. The van der Waals surface area contributed by atoms with Gasteiger partial charge in [-0.15, -0.1) is 0 Å². The van der Waals surface area contributed by atoms with Gasteiger partial charge in [0.25, 0.3) is 5.91 Å². The summed E-state index contributed by atoms with van der Waals surface area (Å²) in [4.78, 5) is 18.5. The molecule has 0 saturated heterocycles. The lowest BCUT2D eigenvalue weighted by Crippen LogP contribution is -2.37. The van der Waals surface area contributed by atoms with Crippen molar-refractivity contribution >= 4 is 17.5 Å². The van der Waals surface area contributed by atoms with Crippen molar-refractivity contribution in [3.8, 4) is 17.1 Å². The molecular weight excluding hydrogens is 378 g/mol. The number of likely N-dealkylation sites (N-methyl/N-ethyl adjacent to an activating group) is 1. The quantitative estimate of drug-likeness (QED) is 0.589. The maximum Gasteiger partial charge on any atom is 0.263 e. The Morgan fingerprint density at radius 3 is 2.64 bits per heavy atom. The molecule has 1 heterocycles. The van der Waals surface area contributed by atoms with E-state index in [1.54, 1.807) is 26.1 Å². The van der Waals surface area contributed by atoms with Gasteiger partial charge in [0.05, 0.1) is 6.54 Å². The Morgan fingerprint density at radius 1 is 1.21 bits per heavy atom. The average molecular weight is 400 g/mol. The number of hydrogen-bond donors (Lipinski definition) is 0. The number of benzene rings is 2. The van der Waals surface area contributed by atoms with E-state index in [0.717, 1.165) is 23.3 Å². The van der Waals surface area contributed by atoms with Crippen LogP contribution in [0.5, 0.6) is 5.75 Å². The van der Waals surface area contributed by atoms with Crippen LogP contribution in [0.2, 0.25) is 5.02 Å². The first kappa shape index (κ1) is 19.9. The topological polar surface area (TPSA) is 68.5 Å². The van der Waals surface area contributed by atoms with Crippen LogP contribution in [0.3, 0.4) is 0 Å². The highest BCUT2D eigenvalue weighted by molar-refractivity contribution is 6.30. The van der Waals surface area contributed by atoms with E-state index in [1.165, 1.54) is 4.90 Å². The second-order valence-corrected chi connectivity index (χ2v) is 6.87. The first-order valence-electron chi connectivity index (χ1n) is 9.06. The molecule has 146 valence electrons. The molecule has 3 aromatic rings. The smallest absolute Gasteiger partial charge is 0.263 e. The van der Waals surface area contributed by atoms with Crippen LogP contribution in [-0.4, -0.2) is 34.1 Å². The van der Waals surface area contributed by atoms with Gasteiger partial charge in [-0.05, 0) is 49.2 Å². The van der Waals surface area contributed by atoms with Gasteiger partial charge < -0.3 is 14.2 Å². The summed E-state index contributed by atoms with van der Waals surface area (Å²) in [7, 11) is 1.68. The molecule has 2 aromatic carbocycles. The van der Waals surface area contributed by atoms with E-state index in [4.69, 9.17) is 20.9 Å². The molecule has 6 nitrogen and oxygen atoms in total. The Bertz CT molecular complexity index is 940. The van der Waals surface area contributed by atoms with Crippen LogP contribution in [0.1, 0.15) is 25.3 Å². The third-order valence-electron chi connectivity index (χ3n) is 4.32. The van der Waals surface area contributed by atoms with Gasteiger partial charge in [-0.1, -0.05) is 41.9 Å². The van der Waals surface area contributed by atoms with Crippen molar-refractivity contribution in [3.63, 3.8) is 0 Å². The molecule has 1 unspecified atom stereocenters. The maximum atomic E-state index is 12.7. The normalized spacial score (nSPS) is 11.9. The predicted octanol–water partition coefficient (Wildman–Crippen LogP) is 4.38. The summed E-state index contributed by atoms with van der Waals surface area (Å²) in [5.41, 5.74) is 1.86. The van der Waals surface area contributed by atoms with Crippen LogP contribution in [0.15, 0.2) is 53.1 Å². The summed E-state index contributed by atoms with van der Waals surface area (Å²) < 4.78 is 11.1. The molecule has 7 heteroatoms. The zero-order chi connectivity index (χ0) is 20.1. The number of nitrogens with zero attached hydrogens (tertiary/aromatic N) is 3. The van der Waals surface area contributed by atoms with Crippen LogP contribution >= 0.6 is 11.6 Å². The van der Waals surface area contributed by atoms with Crippen LogP contribution in [0, 0.1) is 0 Å². The molecule has 0 radical (unpaired) electrons. The first-order chi connectivity index (χ1) is 13.5. The summed E-state index contributed by atoms with van der Waals surface area (Å²) in [6, 6.07) is 14.9. The van der Waals surface area contributed by atoms with Crippen molar-refractivity contribution in [2.24, 2.45) is 0 Å². The summed E-state index contributed by atoms with van der Waals surface area (Å²) in [6.45, 7) is 3.98. The molecule has 0 aliphatic heterocycles. The fourth-order valence-electron chi connectivity index (χ4n) is 2.78. The van der Waals surface area contributed by atoms with Crippen LogP contribution in [-0.2, 0) is 17.8 Å². The molecule has 0 saturated carbocycles. The SMILES string of the molecule is CCc1ccccc1OC(C)C(=O)N(C)Cc1nc(-c2ccc(Cl)cc2)no1. The fraction of sp³-hybridized carbons (Fsp3) is 0.286. The van der Waals surface area contributed by atoms with E-state index in [9.17, 15) is 4.79 Å². The van der Waals surface area contributed by atoms with Crippen molar-refractivity contribution in [2.45, 2.75) is 32.9 Å². The van der Waals surface area contributed by atoms with E-state index >= 15 is 0 Å². The number of ether oxygens (including phenoxy) is 1. The molecule has 3 rings (SSSR count). The molecule has 0 spiro atoms. The van der Waals surface area contributed by atoms with Gasteiger partial charge >= 0.3 is 0 Å². The number of rotatable bonds is 7. The van der Waals surface area contributed by atoms with Gasteiger partial charge in [0.1, 0.15) is 5.75 Å². The minimum atomic E-state index is -0.628. The standard InChI is InChI=1S/C21H22ClN3O3/c1-4-15-7-5-6-8-18(15)27-14(2)21(26)25(3)13-19-23-20(24-28-19)16-9-11-17(22)12-10-16/h5-12,14H,4,13H2,1-3H3. The van der Waals surface area contributed by atoms with E-state index in [-0.39, 0.29) is 12.5 Å². The Morgan fingerprint density at radius 2 is 1.93 bits per heavy atom. The van der Waals surface area contributed by atoms with E-state index in [2.05, 4.69) is 17.1 Å². The third-order valence-corrected chi connectivity index (χ3v) is 4.58. The number of para-hydroxylation sites is 1. The predicted molar refractivity (Wildman–Crippen MR) is 107 cm³/mol. The number of amides is 1. The van der Waals surface area contributed by atoms with E-state index in [1.807, 2.05) is 36.4 Å². The Labute approximate surface area is 169 Å². The van der Waals surface area contributed by atoms with Crippen molar-refractivity contribution in [1.29, 1.82) is 0 Å². The molecule has 1 aromatic heterocycles. The van der Waals surface area contributed by atoms with Gasteiger partial charge in [-0.3, -0.25) is 4.79 Å². The lowest BCUT2D eigenvalue weighted by molar-refractivity contribution is -0.137. The molecule has 0 N–H and O–H groups in total. The highest BCUT2D eigenvalue weighted by atomic mass is 35.5. The monoisotopic (exact) mass is 399 g/mol. The largest absolute Gasteiger partial charge is 0.481 e. The zero-order valence-corrected chi connectivity index (χ0v) is 16.8. The molecule has 0 aliphatic carbocycles. The van der Waals surface area contributed by atoms with Crippen molar-refractivity contribution in [3.05, 3.63) is 65.0 Å². The molecular formula is C21H22ClN3O3. The molecule has 28 heavy (non-hydrogen) atoms. The van der Waals surface area contributed by atoms with Crippen LogP contribution < -0.4 is 4.74 Å². The number of hydrogen-bond acceptors (Lipinski definition) is 5. The molecule has 0 bridgehead atoms. The molecule has 1 amide bonds. The Hall–Kier alpha value is -2.86. The van der Waals surface area contributed by atoms with Gasteiger partial charge in [0.2, 0.25) is 11.7 Å². The minimum absolute atomic E-state index is 0.169. The van der Waals surface area contributed by atoms with Gasteiger partial charge in [0.15, 0.2) is 6.10 Å². The minimum Gasteiger partial charge on any atom is -0.481 e. The van der Waals surface area contributed by atoms with Crippen molar-refractivity contribution in [1.82, 2.24) is 15.0 Å². The average Bonchev–Trinajstić information content (AvgIpc) is 3.16. The Balaban J connectivity index is 1.63. The second-order valence-electron chi connectivity index (χ2n) is 6.43. The lowest BCUT2D eigenvalue weighted by Gasteiger charge is -2.21. The Kier molecular flexibility index (Phi) is 6.31. The summed E-state index contributed by atoms with van der Waals surface area (Å²) in [6.07, 6.45) is 0.207. The van der Waals surface area contributed by atoms with Crippen molar-refractivity contribution < 1.29 is 14.1 Å². The third kappa shape index (κ3) is 4.70. The lowest BCUT2D eigenvalue weighted by atomic mass is 10.1.